The summed E-state index contributed by atoms with van der Waals surface area (Å²) in [5, 5.41) is 12.5. The fourth-order valence-corrected chi connectivity index (χ4v) is 4.80. The Morgan fingerprint density at radius 1 is 1.31 bits per heavy atom. The van der Waals surface area contributed by atoms with Crippen molar-refractivity contribution in [1.29, 1.82) is 5.26 Å². The van der Waals surface area contributed by atoms with Gasteiger partial charge < -0.3 is 4.84 Å². The van der Waals surface area contributed by atoms with Crippen molar-refractivity contribution in [2.45, 2.75) is 43.1 Å². The van der Waals surface area contributed by atoms with Gasteiger partial charge >= 0.3 is 0 Å². The van der Waals surface area contributed by atoms with Crippen molar-refractivity contribution < 1.29 is 27.6 Å². The van der Waals surface area contributed by atoms with Crippen molar-refractivity contribution in [3.8, 4) is 6.07 Å². The molecule has 1 aliphatic heterocycles. The van der Waals surface area contributed by atoms with Crippen LogP contribution in [0.15, 0.2) is 22.2 Å². The van der Waals surface area contributed by atoms with Crippen LogP contribution in [0.1, 0.15) is 48.0 Å². The number of Topliss-reactive ketones (excluding diaryl/α,β-unsaturated/α-hetero) is 3. The van der Waals surface area contributed by atoms with E-state index in [0.29, 0.717) is 6.42 Å². The minimum atomic E-state index is -3.74. The van der Waals surface area contributed by atoms with E-state index in [4.69, 9.17) is 21.7 Å². The first-order chi connectivity index (χ1) is 13.6. The average molecular weight is 437 g/mol. The maximum absolute atomic E-state index is 12.9. The molecule has 0 spiro atoms. The molecule has 10 heteroatoms. The molecular weight excluding hydrogens is 420 g/mol. The van der Waals surface area contributed by atoms with Crippen LogP contribution in [0.25, 0.3) is 0 Å². The van der Waals surface area contributed by atoms with Crippen molar-refractivity contribution in [3.05, 3.63) is 28.3 Å². The van der Waals surface area contributed by atoms with E-state index in [0.717, 1.165) is 6.26 Å². The molecule has 29 heavy (non-hydrogen) atoms. The summed E-state index contributed by atoms with van der Waals surface area (Å²) in [5.74, 6) is -3.11. The molecule has 0 radical (unpaired) electrons. The Bertz CT molecular complexity index is 1070. The van der Waals surface area contributed by atoms with Crippen LogP contribution in [-0.2, 0) is 24.3 Å². The Balaban J connectivity index is 2.10. The maximum Gasteiger partial charge on any atom is 0.182 e. The lowest BCUT2D eigenvalue weighted by Crippen LogP contribution is -2.35. The molecule has 1 aliphatic carbocycles. The highest BCUT2D eigenvalue weighted by Crippen LogP contribution is 2.34. The molecule has 0 bridgehead atoms. The van der Waals surface area contributed by atoms with Gasteiger partial charge in [-0.3, -0.25) is 14.4 Å². The Morgan fingerprint density at radius 2 is 1.97 bits per heavy atom. The fourth-order valence-electron chi connectivity index (χ4n) is 3.47. The summed E-state index contributed by atoms with van der Waals surface area (Å²) in [6, 6.07) is 4.37. The van der Waals surface area contributed by atoms with Crippen LogP contribution >= 0.6 is 11.6 Å². The molecule has 0 saturated heterocycles. The van der Waals surface area contributed by atoms with E-state index in [-0.39, 0.29) is 52.4 Å². The Hall–Kier alpha value is -2.57. The van der Waals surface area contributed by atoms with Crippen LogP contribution in [0, 0.1) is 17.2 Å². The molecule has 152 valence electrons. The van der Waals surface area contributed by atoms with Gasteiger partial charge in [0.05, 0.1) is 28.1 Å². The van der Waals surface area contributed by atoms with E-state index < -0.39 is 39.2 Å². The highest BCUT2D eigenvalue weighted by atomic mass is 35.5. The first-order valence-corrected chi connectivity index (χ1v) is 11.1. The number of carbonyl (C=O) groups excluding carboxylic acids is 3. The van der Waals surface area contributed by atoms with E-state index in [2.05, 4.69) is 5.16 Å². The Labute approximate surface area is 172 Å². The molecule has 3 rings (SSSR count). The molecule has 0 aromatic heterocycles. The number of rotatable bonds is 5. The summed E-state index contributed by atoms with van der Waals surface area (Å²) in [6.45, 7) is 0. The number of benzene rings is 1. The number of hydrogen-bond donors (Lipinski definition) is 0. The maximum atomic E-state index is 12.9. The zero-order chi connectivity index (χ0) is 21.3. The minimum absolute atomic E-state index is 0.00355. The molecule has 1 aromatic carbocycles. The predicted molar refractivity (Wildman–Crippen MR) is 103 cm³/mol. The van der Waals surface area contributed by atoms with Gasteiger partial charge in [-0.1, -0.05) is 16.8 Å². The van der Waals surface area contributed by atoms with Crippen molar-refractivity contribution in [3.63, 3.8) is 0 Å². The molecule has 1 saturated carbocycles. The van der Waals surface area contributed by atoms with E-state index >= 15 is 0 Å². The summed E-state index contributed by atoms with van der Waals surface area (Å²) >= 11 is 6.43. The molecule has 1 unspecified atom stereocenters. The normalized spacial score (nSPS) is 20.2. The number of nitrogens with zero attached hydrogens (tertiary/aromatic N) is 2. The standard InChI is InChI=1S/C19H17ClN2O6S/c1-29(26,27)15-6-5-11(19(25)17-13(23)3-2-4-14(17)24)18(20)16(15)12-9-10(7-8-21)28-22-12/h5-6,10,17H,2-4,7,9H2,1H3. The minimum Gasteiger partial charge on any atom is -0.391 e. The molecule has 0 amide bonds. The van der Waals surface area contributed by atoms with Gasteiger partial charge in [0.1, 0.15) is 12.0 Å². The predicted octanol–water partition coefficient (Wildman–Crippen LogP) is 2.27. The van der Waals surface area contributed by atoms with E-state index in [1.165, 1.54) is 12.1 Å². The van der Waals surface area contributed by atoms with Gasteiger partial charge in [0.15, 0.2) is 27.2 Å². The first-order valence-electron chi connectivity index (χ1n) is 8.87. The Morgan fingerprint density at radius 3 is 2.55 bits per heavy atom. The summed E-state index contributed by atoms with van der Waals surface area (Å²) in [6.07, 6.45) is 1.27. The third-order valence-corrected chi connectivity index (χ3v) is 6.39. The molecule has 1 atom stereocenters. The smallest absolute Gasteiger partial charge is 0.182 e. The molecular formula is C19H17ClN2O6S. The lowest BCUT2D eigenvalue weighted by molar-refractivity contribution is -0.133. The summed E-state index contributed by atoms with van der Waals surface area (Å²) < 4.78 is 24.5. The third kappa shape index (κ3) is 4.09. The van der Waals surface area contributed by atoms with E-state index in [9.17, 15) is 22.8 Å². The van der Waals surface area contributed by atoms with Crippen LogP contribution in [0.3, 0.4) is 0 Å². The number of oxime groups is 1. The largest absolute Gasteiger partial charge is 0.391 e. The number of hydrogen-bond acceptors (Lipinski definition) is 8. The molecule has 1 aromatic rings. The van der Waals surface area contributed by atoms with Gasteiger partial charge in [-0.25, -0.2) is 8.42 Å². The van der Waals surface area contributed by atoms with Gasteiger partial charge in [0.2, 0.25) is 0 Å². The van der Waals surface area contributed by atoms with E-state index in [1.54, 1.807) is 0 Å². The van der Waals surface area contributed by atoms with Gasteiger partial charge in [-0.05, 0) is 18.6 Å². The second-order valence-corrected chi connectivity index (χ2v) is 9.35. The molecule has 1 fully saturated rings. The number of nitriles is 1. The van der Waals surface area contributed by atoms with Crippen molar-refractivity contribution >= 4 is 44.5 Å². The summed E-state index contributed by atoms with van der Waals surface area (Å²) in [7, 11) is -3.74. The molecule has 8 nitrogen and oxygen atoms in total. The van der Waals surface area contributed by atoms with Crippen LogP contribution < -0.4 is 0 Å². The number of sulfone groups is 1. The zero-order valence-electron chi connectivity index (χ0n) is 15.5. The topological polar surface area (TPSA) is 131 Å². The number of ketones is 3. The lowest BCUT2D eigenvalue weighted by atomic mass is 9.81. The fraction of sp³-hybridized carbons (Fsp3) is 0.421. The Kier molecular flexibility index (Phi) is 5.87. The van der Waals surface area contributed by atoms with Crippen LogP contribution in [0.5, 0.6) is 0 Å². The van der Waals surface area contributed by atoms with Crippen molar-refractivity contribution in [2.75, 3.05) is 6.26 Å². The second-order valence-electron chi connectivity index (χ2n) is 6.99. The average Bonchev–Trinajstić information content (AvgIpc) is 3.08. The van der Waals surface area contributed by atoms with Crippen LogP contribution in [0.4, 0.5) is 0 Å². The van der Waals surface area contributed by atoms with Crippen molar-refractivity contribution in [1.82, 2.24) is 0 Å². The molecule has 1 heterocycles. The zero-order valence-corrected chi connectivity index (χ0v) is 17.0. The lowest BCUT2D eigenvalue weighted by Gasteiger charge is -2.20. The highest BCUT2D eigenvalue weighted by molar-refractivity contribution is 7.90. The first kappa shape index (κ1) is 21.1. The van der Waals surface area contributed by atoms with Crippen LogP contribution in [0.2, 0.25) is 5.02 Å². The number of carbonyl (C=O) groups is 3. The quantitative estimate of drug-likeness (QED) is 0.511. The number of halogens is 1. The SMILES string of the molecule is CS(=O)(=O)c1ccc(C(=O)C2C(=O)CCCC2=O)c(Cl)c1C1=NOC(CC#N)C1. The van der Waals surface area contributed by atoms with Gasteiger partial charge in [-0.2, -0.15) is 5.26 Å². The monoisotopic (exact) mass is 436 g/mol. The highest BCUT2D eigenvalue weighted by Gasteiger charge is 2.39. The van der Waals surface area contributed by atoms with Gasteiger partial charge in [0, 0.05) is 36.6 Å². The van der Waals surface area contributed by atoms with Crippen molar-refractivity contribution in [2.24, 2.45) is 11.1 Å². The van der Waals surface area contributed by atoms with Crippen LogP contribution in [-0.4, -0.2) is 43.8 Å². The van der Waals surface area contributed by atoms with Gasteiger partial charge in [-0.15, -0.1) is 0 Å². The molecule has 2 aliphatic rings. The van der Waals surface area contributed by atoms with Gasteiger partial charge in [0.25, 0.3) is 0 Å². The van der Waals surface area contributed by atoms with E-state index in [1.807, 2.05) is 6.07 Å². The summed E-state index contributed by atoms with van der Waals surface area (Å²) in [5.41, 5.74) is 0.0666. The molecule has 0 N–H and O–H groups in total. The second kappa shape index (κ2) is 8.05. The summed E-state index contributed by atoms with van der Waals surface area (Å²) in [4.78, 5) is 42.3. The third-order valence-electron chi connectivity index (χ3n) is 4.86.